The third-order valence-corrected chi connectivity index (χ3v) is 10.6. The van der Waals surface area contributed by atoms with E-state index in [0.29, 0.717) is 19.4 Å². The monoisotopic (exact) mass is 394 g/mol. The van der Waals surface area contributed by atoms with Crippen LogP contribution in [0.4, 0.5) is 0 Å². The molecule has 0 saturated carbocycles. The van der Waals surface area contributed by atoms with Gasteiger partial charge in [-0.05, 0) is 15.4 Å². The minimum Gasteiger partial charge on any atom is -0.512 e. The maximum Gasteiger partial charge on any atom is 0.261 e. The molecule has 3 rings (SSSR count). The normalized spacial score (nSPS) is 20.7. The van der Waals surface area contributed by atoms with Crippen LogP contribution in [-0.2, 0) is 9.22 Å². The van der Waals surface area contributed by atoms with E-state index in [0.717, 1.165) is 0 Å². The number of hydrogen-bond acceptors (Lipinski definition) is 3. The van der Waals surface area contributed by atoms with Crippen LogP contribution in [-0.4, -0.2) is 25.8 Å². The maximum absolute atomic E-state index is 12.1. The number of aliphatic hydroxyl groups is 1. The molecule has 3 nitrogen and oxygen atoms in total. The molecule has 4 heteroatoms. The highest BCUT2D eigenvalue weighted by Gasteiger charge is 2.51. The van der Waals surface area contributed by atoms with Gasteiger partial charge in [0, 0.05) is 30.9 Å². The van der Waals surface area contributed by atoms with E-state index in [1.807, 2.05) is 19.1 Å². The summed E-state index contributed by atoms with van der Waals surface area (Å²) in [5.74, 6) is 0.127. The van der Waals surface area contributed by atoms with Crippen LogP contribution in [0.1, 0.15) is 40.5 Å². The van der Waals surface area contributed by atoms with Gasteiger partial charge in [-0.15, -0.1) is 0 Å². The van der Waals surface area contributed by atoms with Crippen molar-refractivity contribution in [3.63, 3.8) is 0 Å². The van der Waals surface area contributed by atoms with E-state index < -0.39 is 13.7 Å². The van der Waals surface area contributed by atoms with E-state index in [1.54, 1.807) is 0 Å². The van der Waals surface area contributed by atoms with Gasteiger partial charge < -0.3 is 9.53 Å². The van der Waals surface area contributed by atoms with Gasteiger partial charge in [-0.2, -0.15) is 0 Å². The smallest absolute Gasteiger partial charge is 0.261 e. The summed E-state index contributed by atoms with van der Waals surface area (Å²) < 4.78 is 6.95. The summed E-state index contributed by atoms with van der Waals surface area (Å²) >= 11 is 0. The van der Waals surface area contributed by atoms with Crippen LogP contribution >= 0.6 is 0 Å². The van der Waals surface area contributed by atoms with E-state index in [4.69, 9.17) is 4.43 Å². The van der Waals surface area contributed by atoms with Crippen LogP contribution in [0.15, 0.2) is 72.5 Å². The Kier molecular flexibility index (Phi) is 5.64. The summed E-state index contributed by atoms with van der Waals surface area (Å²) in [6.07, 6.45) is 2.22. The predicted octanol–water partition coefficient (Wildman–Crippen LogP) is 4.37. The lowest BCUT2D eigenvalue weighted by molar-refractivity contribution is -0.118. The summed E-state index contributed by atoms with van der Waals surface area (Å²) in [5.41, 5.74) is -0.400. The molecule has 148 valence electrons. The molecule has 0 aromatic heterocycles. The molecule has 0 heterocycles. The standard InChI is InChI=1S/C24H30O3Si/c1-23(2,3)28(21-11-7-5-8-12-21,22-13-9-6-10-14-22)27-18-24(4)16-19(25)15-20(26)17-24/h5-15,25H,16-18H2,1-4H3. The van der Waals surface area contributed by atoms with Crippen LogP contribution in [0, 0.1) is 5.41 Å². The molecule has 1 aliphatic rings. The molecule has 0 spiro atoms. The van der Waals surface area contributed by atoms with E-state index in [1.165, 1.54) is 16.4 Å². The van der Waals surface area contributed by atoms with E-state index in [9.17, 15) is 9.90 Å². The fourth-order valence-corrected chi connectivity index (χ4v) is 9.07. The van der Waals surface area contributed by atoms with Crippen molar-refractivity contribution in [2.75, 3.05) is 6.61 Å². The molecule has 1 unspecified atom stereocenters. The lowest BCUT2D eigenvalue weighted by Gasteiger charge is -2.45. The van der Waals surface area contributed by atoms with Crippen molar-refractivity contribution < 1.29 is 14.3 Å². The zero-order valence-corrected chi connectivity index (χ0v) is 18.2. The summed E-state index contributed by atoms with van der Waals surface area (Å²) in [6, 6.07) is 21.0. The molecule has 0 fully saturated rings. The van der Waals surface area contributed by atoms with E-state index in [-0.39, 0.29) is 16.6 Å². The van der Waals surface area contributed by atoms with Gasteiger partial charge in [-0.25, -0.2) is 0 Å². The first-order chi connectivity index (χ1) is 13.2. The molecule has 0 bridgehead atoms. The first kappa shape index (κ1) is 20.6. The Morgan fingerprint density at radius 1 is 0.964 bits per heavy atom. The highest BCUT2D eigenvalue weighted by atomic mass is 28.4. The van der Waals surface area contributed by atoms with Gasteiger partial charge in [-0.1, -0.05) is 88.4 Å². The van der Waals surface area contributed by atoms with E-state index >= 15 is 0 Å². The van der Waals surface area contributed by atoms with Gasteiger partial charge in [-0.3, -0.25) is 4.79 Å². The Bertz CT molecular complexity index is 813. The first-order valence-electron chi connectivity index (χ1n) is 9.84. The number of benzene rings is 2. The molecule has 0 radical (unpaired) electrons. The molecule has 2 aromatic rings. The number of rotatable bonds is 5. The summed E-state index contributed by atoms with van der Waals surface area (Å²) in [5, 5.41) is 12.4. The van der Waals surface area contributed by atoms with Crippen molar-refractivity contribution in [1.29, 1.82) is 0 Å². The first-order valence-corrected chi connectivity index (χ1v) is 11.7. The lowest BCUT2D eigenvalue weighted by Crippen LogP contribution is -2.67. The van der Waals surface area contributed by atoms with Crippen molar-refractivity contribution in [2.45, 2.75) is 45.6 Å². The highest BCUT2D eigenvalue weighted by molar-refractivity contribution is 6.99. The van der Waals surface area contributed by atoms with Gasteiger partial charge in [0.1, 0.15) is 0 Å². The number of aliphatic hydroxyl groups excluding tert-OH is 1. The van der Waals surface area contributed by atoms with Gasteiger partial charge in [0.2, 0.25) is 0 Å². The minimum absolute atomic E-state index is 0.0303. The Labute approximate surface area is 169 Å². The lowest BCUT2D eigenvalue weighted by atomic mass is 9.78. The molecule has 0 amide bonds. The van der Waals surface area contributed by atoms with Gasteiger partial charge in [0.15, 0.2) is 5.78 Å². The van der Waals surface area contributed by atoms with Crippen LogP contribution in [0.5, 0.6) is 0 Å². The molecule has 2 aromatic carbocycles. The number of ketones is 1. The minimum atomic E-state index is -2.64. The van der Waals surface area contributed by atoms with Gasteiger partial charge in [0.05, 0.1) is 5.76 Å². The third kappa shape index (κ3) is 3.98. The number of carbonyl (C=O) groups excluding carboxylic acids is 1. The van der Waals surface area contributed by atoms with E-state index in [2.05, 4.69) is 69.3 Å². The SMILES string of the molecule is CC1(CO[Si](c2ccccc2)(c2ccccc2)C(C)(C)C)CC(=O)C=C(O)C1. The van der Waals surface area contributed by atoms with Gasteiger partial charge in [0.25, 0.3) is 8.32 Å². The Morgan fingerprint density at radius 2 is 1.46 bits per heavy atom. The molecule has 1 N–H and O–H groups in total. The molecule has 1 aliphatic carbocycles. The molecule has 0 aliphatic heterocycles. The quantitative estimate of drug-likeness (QED) is 0.766. The van der Waals surface area contributed by atoms with Crippen LogP contribution in [0.2, 0.25) is 5.04 Å². The largest absolute Gasteiger partial charge is 0.512 e. The predicted molar refractivity (Wildman–Crippen MR) is 117 cm³/mol. The van der Waals surface area contributed by atoms with Crippen molar-refractivity contribution in [3.05, 3.63) is 72.5 Å². The van der Waals surface area contributed by atoms with Crippen molar-refractivity contribution in [1.82, 2.24) is 0 Å². The Balaban J connectivity index is 2.07. The topological polar surface area (TPSA) is 46.5 Å². The maximum atomic E-state index is 12.1. The molecule has 28 heavy (non-hydrogen) atoms. The van der Waals surface area contributed by atoms with Crippen LogP contribution in [0.3, 0.4) is 0 Å². The second-order valence-corrected chi connectivity index (χ2v) is 13.5. The summed E-state index contributed by atoms with van der Waals surface area (Å²) in [7, 11) is -2.64. The zero-order chi connectivity index (χ0) is 20.4. The fourth-order valence-electron chi connectivity index (χ4n) is 4.35. The van der Waals surface area contributed by atoms with Crippen LogP contribution in [0.25, 0.3) is 0 Å². The van der Waals surface area contributed by atoms with Crippen molar-refractivity contribution >= 4 is 24.5 Å². The summed E-state index contributed by atoms with van der Waals surface area (Å²) in [4.78, 5) is 12.1. The molecule has 0 saturated heterocycles. The van der Waals surface area contributed by atoms with Gasteiger partial charge >= 0.3 is 0 Å². The third-order valence-electron chi connectivity index (χ3n) is 5.59. The second kappa shape index (κ2) is 7.68. The Hall–Kier alpha value is -2.17. The average Bonchev–Trinajstić information content (AvgIpc) is 2.61. The number of hydrogen-bond donors (Lipinski definition) is 1. The molecular formula is C24H30O3Si. The van der Waals surface area contributed by atoms with Crippen molar-refractivity contribution in [2.24, 2.45) is 5.41 Å². The fraction of sp³-hybridized carbons (Fsp3) is 0.375. The number of allylic oxidation sites excluding steroid dienone is 2. The molecule has 1 atom stereocenters. The van der Waals surface area contributed by atoms with Crippen LogP contribution < -0.4 is 10.4 Å². The highest BCUT2D eigenvalue weighted by Crippen LogP contribution is 2.40. The average molecular weight is 395 g/mol. The summed E-state index contributed by atoms with van der Waals surface area (Å²) in [6.45, 7) is 9.19. The van der Waals surface area contributed by atoms with Crippen molar-refractivity contribution in [3.8, 4) is 0 Å². The second-order valence-electron chi connectivity index (χ2n) is 9.22. The molecular weight excluding hydrogens is 364 g/mol. The Morgan fingerprint density at radius 3 is 1.89 bits per heavy atom. The number of carbonyl (C=O) groups is 1. The zero-order valence-electron chi connectivity index (χ0n) is 17.2.